The van der Waals surface area contributed by atoms with Crippen LogP contribution in [-0.4, -0.2) is 9.97 Å². The molecule has 0 aliphatic heterocycles. The van der Waals surface area contributed by atoms with E-state index in [1.54, 1.807) is 32.2 Å². The Labute approximate surface area is 107 Å². The van der Waals surface area contributed by atoms with Crippen LogP contribution in [0.5, 0.6) is 0 Å². The molecule has 2 aromatic heterocycles. The predicted octanol–water partition coefficient (Wildman–Crippen LogP) is 4.35. The Hall–Kier alpha value is -1.43. The van der Waals surface area contributed by atoms with Crippen LogP contribution in [0.1, 0.15) is 30.3 Å². The lowest BCUT2D eigenvalue weighted by Crippen LogP contribution is -2.09. The molecule has 0 N–H and O–H groups in total. The molecule has 0 spiro atoms. The number of rotatable bonds is 2. The number of thiazole rings is 1. The van der Waals surface area contributed by atoms with Crippen LogP contribution in [0.4, 0.5) is 13.2 Å². The van der Waals surface area contributed by atoms with Gasteiger partial charge in [0.1, 0.15) is 5.01 Å². The van der Waals surface area contributed by atoms with Gasteiger partial charge in [0, 0.05) is 22.8 Å². The van der Waals surface area contributed by atoms with Crippen LogP contribution in [0.25, 0.3) is 10.6 Å². The van der Waals surface area contributed by atoms with Crippen molar-refractivity contribution in [1.82, 2.24) is 9.97 Å². The van der Waals surface area contributed by atoms with E-state index in [2.05, 4.69) is 9.97 Å². The highest BCUT2D eigenvalue weighted by Gasteiger charge is 2.38. The van der Waals surface area contributed by atoms with Crippen LogP contribution in [-0.2, 0) is 6.18 Å². The Morgan fingerprint density at radius 2 is 2.00 bits per heavy atom. The van der Waals surface area contributed by atoms with Gasteiger partial charge in [0.15, 0.2) is 5.69 Å². The van der Waals surface area contributed by atoms with Gasteiger partial charge in [0.05, 0.1) is 0 Å². The average molecular weight is 272 g/mol. The molecule has 2 nitrogen and oxygen atoms in total. The molecule has 0 fully saturated rings. The topological polar surface area (TPSA) is 25.8 Å². The first kappa shape index (κ1) is 13.0. The maximum Gasteiger partial charge on any atom is 0.434 e. The number of hydrogen-bond acceptors (Lipinski definition) is 3. The summed E-state index contributed by atoms with van der Waals surface area (Å²) in [5.74, 6) is -0.204. The summed E-state index contributed by atoms with van der Waals surface area (Å²) < 4.78 is 38.6. The lowest BCUT2D eigenvalue weighted by molar-refractivity contribution is -0.141. The fraction of sp³-hybridized carbons (Fsp3) is 0.333. The molecule has 2 heterocycles. The second kappa shape index (κ2) is 4.68. The van der Waals surface area contributed by atoms with Crippen LogP contribution >= 0.6 is 11.3 Å². The van der Waals surface area contributed by atoms with E-state index < -0.39 is 11.9 Å². The summed E-state index contributed by atoms with van der Waals surface area (Å²) in [6.07, 6.45) is -1.31. The fourth-order valence-corrected chi connectivity index (χ4v) is 2.62. The fourth-order valence-electron chi connectivity index (χ4n) is 1.54. The van der Waals surface area contributed by atoms with Crippen molar-refractivity contribution in [3.05, 3.63) is 35.1 Å². The smallest absolute Gasteiger partial charge is 0.264 e. The summed E-state index contributed by atoms with van der Waals surface area (Å²) in [7, 11) is 0. The predicted molar refractivity (Wildman–Crippen MR) is 64.4 cm³/mol. The maximum atomic E-state index is 12.9. The number of pyridine rings is 1. The van der Waals surface area contributed by atoms with Crippen LogP contribution < -0.4 is 0 Å². The van der Waals surface area contributed by atoms with Crippen molar-refractivity contribution in [2.24, 2.45) is 0 Å². The number of nitrogens with zero attached hydrogens (tertiary/aromatic N) is 2. The van der Waals surface area contributed by atoms with Gasteiger partial charge in [-0.1, -0.05) is 13.8 Å². The van der Waals surface area contributed by atoms with Gasteiger partial charge < -0.3 is 0 Å². The van der Waals surface area contributed by atoms with Crippen molar-refractivity contribution in [2.75, 3.05) is 0 Å². The van der Waals surface area contributed by atoms with E-state index in [0.717, 1.165) is 11.3 Å². The molecule has 0 bridgehead atoms. The van der Waals surface area contributed by atoms with Crippen molar-refractivity contribution in [1.29, 1.82) is 0 Å². The molecule has 0 atom stereocenters. The third-order valence-corrected chi connectivity index (χ3v) is 3.76. The molecule has 18 heavy (non-hydrogen) atoms. The zero-order valence-corrected chi connectivity index (χ0v) is 10.6. The Bertz CT molecular complexity index is 532. The van der Waals surface area contributed by atoms with Crippen molar-refractivity contribution < 1.29 is 13.2 Å². The number of halogens is 3. The van der Waals surface area contributed by atoms with Crippen LogP contribution in [0.15, 0.2) is 24.5 Å². The minimum atomic E-state index is -4.41. The Kier molecular flexibility index (Phi) is 3.38. The van der Waals surface area contributed by atoms with Gasteiger partial charge in [-0.25, -0.2) is 4.98 Å². The average Bonchev–Trinajstić information content (AvgIpc) is 2.74. The van der Waals surface area contributed by atoms with Crippen molar-refractivity contribution in [3.63, 3.8) is 0 Å². The lowest BCUT2D eigenvalue weighted by atomic mass is 10.1. The molecule has 0 aromatic carbocycles. The summed E-state index contributed by atoms with van der Waals surface area (Å²) in [4.78, 5) is 7.88. The summed E-state index contributed by atoms with van der Waals surface area (Å²) >= 11 is 1.08. The highest BCUT2D eigenvalue weighted by Crippen LogP contribution is 2.40. The molecule has 0 aliphatic carbocycles. The maximum absolute atomic E-state index is 12.9. The first-order valence-corrected chi connectivity index (χ1v) is 6.19. The van der Waals surface area contributed by atoms with Crippen molar-refractivity contribution >= 4 is 11.3 Å². The summed E-state index contributed by atoms with van der Waals surface area (Å²) in [6.45, 7) is 3.46. The van der Waals surface area contributed by atoms with E-state index in [0.29, 0.717) is 10.6 Å². The molecule has 0 aliphatic rings. The normalized spacial score (nSPS) is 12.1. The SMILES string of the molecule is CC(C)c1sc(-c2cccnc2)nc1C(F)(F)F. The van der Waals surface area contributed by atoms with Gasteiger partial charge in [-0.15, -0.1) is 11.3 Å². The molecule has 96 valence electrons. The minimum Gasteiger partial charge on any atom is -0.264 e. The molecular weight excluding hydrogens is 261 g/mol. The Morgan fingerprint density at radius 1 is 1.28 bits per heavy atom. The molecule has 0 saturated heterocycles. The number of hydrogen-bond donors (Lipinski definition) is 0. The first-order chi connectivity index (χ1) is 8.39. The highest BCUT2D eigenvalue weighted by molar-refractivity contribution is 7.15. The van der Waals surface area contributed by atoms with Crippen molar-refractivity contribution in [3.8, 4) is 10.6 Å². The molecule has 6 heteroatoms. The highest BCUT2D eigenvalue weighted by atomic mass is 32.1. The minimum absolute atomic E-state index is 0.204. The van der Waals surface area contributed by atoms with E-state index >= 15 is 0 Å². The van der Waals surface area contributed by atoms with Gasteiger partial charge in [0.25, 0.3) is 0 Å². The monoisotopic (exact) mass is 272 g/mol. The van der Waals surface area contributed by atoms with E-state index in [9.17, 15) is 13.2 Å². The molecule has 0 radical (unpaired) electrons. The number of alkyl halides is 3. The summed E-state index contributed by atoms with van der Waals surface area (Å²) in [6, 6.07) is 3.38. The third-order valence-electron chi connectivity index (χ3n) is 2.35. The lowest BCUT2D eigenvalue weighted by Gasteiger charge is -2.07. The van der Waals surface area contributed by atoms with Crippen LogP contribution in [0.2, 0.25) is 0 Å². The standard InChI is InChI=1S/C12H11F3N2S/c1-7(2)9-10(12(13,14)15)17-11(18-9)8-4-3-5-16-6-8/h3-7H,1-2H3. The second-order valence-electron chi connectivity index (χ2n) is 4.13. The van der Waals surface area contributed by atoms with Gasteiger partial charge in [-0.2, -0.15) is 13.2 Å². The molecule has 2 aromatic rings. The van der Waals surface area contributed by atoms with Gasteiger partial charge in [-0.05, 0) is 18.1 Å². The van der Waals surface area contributed by atoms with Crippen molar-refractivity contribution in [2.45, 2.75) is 25.9 Å². The van der Waals surface area contributed by atoms with E-state index in [1.165, 1.54) is 6.20 Å². The van der Waals surface area contributed by atoms with Gasteiger partial charge >= 0.3 is 6.18 Å². The molecule has 0 saturated carbocycles. The Balaban J connectivity index is 2.53. The second-order valence-corrected chi connectivity index (χ2v) is 5.16. The number of aromatic nitrogens is 2. The van der Waals surface area contributed by atoms with E-state index in [1.807, 2.05) is 0 Å². The van der Waals surface area contributed by atoms with E-state index in [-0.39, 0.29) is 10.8 Å². The Morgan fingerprint density at radius 3 is 2.44 bits per heavy atom. The van der Waals surface area contributed by atoms with Gasteiger partial charge in [-0.3, -0.25) is 4.98 Å². The summed E-state index contributed by atoms with van der Waals surface area (Å²) in [5.41, 5.74) is -0.166. The van der Waals surface area contributed by atoms with E-state index in [4.69, 9.17) is 0 Å². The molecule has 0 unspecified atom stereocenters. The summed E-state index contributed by atoms with van der Waals surface area (Å²) in [5, 5.41) is 0.360. The zero-order chi connectivity index (χ0) is 13.3. The largest absolute Gasteiger partial charge is 0.434 e. The van der Waals surface area contributed by atoms with Crippen LogP contribution in [0.3, 0.4) is 0 Å². The molecular formula is C12H11F3N2S. The molecule has 0 amide bonds. The zero-order valence-electron chi connectivity index (χ0n) is 9.82. The quantitative estimate of drug-likeness (QED) is 0.812. The van der Waals surface area contributed by atoms with Crippen LogP contribution in [0, 0.1) is 0 Å². The van der Waals surface area contributed by atoms with Gasteiger partial charge in [0.2, 0.25) is 0 Å². The first-order valence-electron chi connectivity index (χ1n) is 5.38. The third kappa shape index (κ3) is 2.53. The molecule has 2 rings (SSSR count).